The van der Waals surface area contributed by atoms with Gasteiger partial charge in [0.25, 0.3) is 0 Å². The highest BCUT2D eigenvalue weighted by Crippen LogP contribution is 2.12. The van der Waals surface area contributed by atoms with Crippen molar-refractivity contribution in [1.29, 1.82) is 10.5 Å². The van der Waals surface area contributed by atoms with Crippen molar-refractivity contribution in [3.8, 4) is 12.1 Å². The van der Waals surface area contributed by atoms with Gasteiger partial charge in [0.1, 0.15) is 0 Å². The van der Waals surface area contributed by atoms with Gasteiger partial charge in [-0.2, -0.15) is 10.5 Å². The third-order valence-electron chi connectivity index (χ3n) is 3.52. The lowest BCUT2D eigenvalue weighted by atomic mass is 10.2. The topological polar surface area (TPSA) is 101 Å². The van der Waals surface area contributed by atoms with Gasteiger partial charge in [-0.05, 0) is 6.92 Å². The van der Waals surface area contributed by atoms with Gasteiger partial charge in [-0.3, -0.25) is 9.69 Å². The van der Waals surface area contributed by atoms with Gasteiger partial charge in [0.2, 0.25) is 5.91 Å². The van der Waals surface area contributed by atoms with Gasteiger partial charge in [0.15, 0.2) is 0 Å². The Morgan fingerprint density at radius 1 is 1.38 bits per heavy atom. The van der Waals surface area contributed by atoms with Crippen molar-refractivity contribution in [3.63, 3.8) is 0 Å². The Hall–Kier alpha value is -1.67. The van der Waals surface area contributed by atoms with E-state index in [1.807, 2.05) is 24.0 Å². The first-order valence-corrected chi connectivity index (χ1v) is 7.10. The molecule has 7 heteroatoms. The Morgan fingerprint density at radius 2 is 2.00 bits per heavy atom. The highest BCUT2D eigenvalue weighted by Gasteiger charge is 2.28. The number of morpholine rings is 1. The van der Waals surface area contributed by atoms with Crippen molar-refractivity contribution in [2.24, 2.45) is 0 Å². The smallest absolute Gasteiger partial charge is 0.236 e. The lowest BCUT2D eigenvalue weighted by Crippen LogP contribution is -2.53. The number of amides is 1. The highest BCUT2D eigenvalue weighted by atomic mass is 16.5. The lowest BCUT2D eigenvalue weighted by Gasteiger charge is -2.37. The molecule has 0 aromatic carbocycles. The summed E-state index contributed by atoms with van der Waals surface area (Å²) in [6.07, 6.45) is 0.255. The van der Waals surface area contributed by atoms with E-state index in [9.17, 15) is 4.79 Å². The quantitative estimate of drug-likeness (QED) is 0.693. The van der Waals surface area contributed by atoms with Gasteiger partial charge < -0.3 is 14.7 Å². The molecule has 0 spiro atoms. The SMILES string of the molecule is CC1COC(CO)CN1CC(=O)N(CCC#N)CCC#N. The van der Waals surface area contributed by atoms with Crippen LogP contribution < -0.4 is 0 Å². The molecular weight excluding hydrogens is 272 g/mol. The van der Waals surface area contributed by atoms with Gasteiger partial charge in [-0.1, -0.05) is 0 Å². The number of carbonyl (C=O) groups excluding carboxylic acids is 1. The van der Waals surface area contributed by atoms with E-state index in [2.05, 4.69) is 0 Å². The largest absolute Gasteiger partial charge is 0.394 e. The summed E-state index contributed by atoms with van der Waals surface area (Å²) < 4.78 is 5.44. The van der Waals surface area contributed by atoms with E-state index in [0.717, 1.165) is 0 Å². The molecule has 0 bridgehead atoms. The number of hydrogen-bond acceptors (Lipinski definition) is 6. The molecule has 0 aromatic heterocycles. The Balaban J connectivity index is 2.57. The van der Waals surface area contributed by atoms with Gasteiger partial charge >= 0.3 is 0 Å². The van der Waals surface area contributed by atoms with Crippen LogP contribution in [-0.4, -0.2) is 72.4 Å². The van der Waals surface area contributed by atoms with E-state index in [4.69, 9.17) is 20.4 Å². The predicted octanol–water partition coefficient (Wildman–Crippen LogP) is -0.276. The molecule has 7 nitrogen and oxygen atoms in total. The van der Waals surface area contributed by atoms with Gasteiger partial charge in [0.05, 0.1) is 50.8 Å². The lowest BCUT2D eigenvalue weighted by molar-refractivity contribution is -0.137. The number of nitrogens with zero attached hydrogens (tertiary/aromatic N) is 4. The Bertz CT molecular complexity index is 397. The number of carbonyl (C=O) groups is 1. The number of rotatable bonds is 7. The summed E-state index contributed by atoms with van der Waals surface area (Å²) in [7, 11) is 0. The van der Waals surface area contributed by atoms with Crippen LogP contribution in [0.25, 0.3) is 0 Å². The van der Waals surface area contributed by atoms with Crippen LogP contribution in [-0.2, 0) is 9.53 Å². The van der Waals surface area contributed by atoms with E-state index in [1.54, 1.807) is 4.90 Å². The van der Waals surface area contributed by atoms with E-state index >= 15 is 0 Å². The Kier molecular flexibility index (Phi) is 7.70. The minimum absolute atomic E-state index is 0.0655. The first-order chi connectivity index (χ1) is 10.1. The minimum Gasteiger partial charge on any atom is -0.394 e. The zero-order chi connectivity index (χ0) is 15.7. The van der Waals surface area contributed by atoms with Crippen LogP contribution >= 0.6 is 0 Å². The standard InChI is InChI=1S/C14H22N4O3/c1-12-11-21-13(10-19)8-18(12)9-14(20)17(6-2-4-15)7-3-5-16/h12-13,19H,2-3,6-11H2,1H3. The molecule has 1 aliphatic rings. The summed E-state index contributed by atoms with van der Waals surface area (Å²) in [6.45, 7) is 3.80. The molecule has 1 amide bonds. The molecule has 1 N–H and O–H groups in total. The maximum absolute atomic E-state index is 12.3. The molecule has 21 heavy (non-hydrogen) atoms. The van der Waals surface area contributed by atoms with E-state index < -0.39 is 0 Å². The first-order valence-electron chi connectivity index (χ1n) is 7.10. The van der Waals surface area contributed by atoms with Crippen LogP contribution in [0.4, 0.5) is 0 Å². The van der Waals surface area contributed by atoms with Gasteiger partial charge in [0, 0.05) is 25.7 Å². The van der Waals surface area contributed by atoms with Crippen LogP contribution in [0.1, 0.15) is 19.8 Å². The van der Waals surface area contributed by atoms with Crippen LogP contribution in [0.15, 0.2) is 0 Å². The second-order valence-electron chi connectivity index (χ2n) is 5.11. The number of aliphatic hydroxyl groups excluding tert-OH is 1. The molecular formula is C14H22N4O3. The second-order valence-corrected chi connectivity index (χ2v) is 5.11. The van der Waals surface area contributed by atoms with Crippen LogP contribution in [0, 0.1) is 22.7 Å². The third kappa shape index (κ3) is 5.68. The monoisotopic (exact) mass is 294 g/mol. The van der Waals surface area contributed by atoms with E-state index in [-0.39, 0.29) is 44.0 Å². The molecule has 0 aromatic rings. The fourth-order valence-corrected chi connectivity index (χ4v) is 2.21. The van der Waals surface area contributed by atoms with Crippen molar-refractivity contribution in [2.75, 3.05) is 39.4 Å². The van der Waals surface area contributed by atoms with Crippen LogP contribution in [0.3, 0.4) is 0 Å². The van der Waals surface area contributed by atoms with Gasteiger partial charge in [-0.15, -0.1) is 0 Å². The number of aliphatic hydroxyl groups is 1. The van der Waals surface area contributed by atoms with Crippen molar-refractivity contribution < 1.29 is 14.6 Å². The zero-order valence-electron chi connectivity index (χ0n) is 12.4. The van der Waals surface area contributed by atoms with Crippen LogP contribution in [0.2, 0.25) is 0 Å². The van der Waals surface area contributed by atoms with Gasteiger partial charge in [-0.25, -0.2) is 0 Å². The van der Waals surface area contributed by atoms with Crippen molar-refractivity contribution in [3.05, 3.63) is 0 Å². The zero-order valence-corrected chi connectivity index (χ0v) is 12.4. The summed E-state index contributed by atoms with van der Waals surface area (Å²) in [5.74, 6) is -0.0917. The number of nitriles is 2. The Morgan fingerprint density at radius 3 is 2.52 bits per heavy atom. The number of ether oxygens (including phenoxy) is 1. The molecule has 0 saturated carbocycles. The molecule has 0 aliphatic carbocycles. The highest BCUT2D eigenvalue weighted by molar-refractivity contribution is 5.78. The van der Waals surface area contributed by atoms with Crippen LogP contribution in [0.5, 0.6) is 0 Å². The molecule has 0 radical (unpaired) electrons. The third-order valence-corrected chi connectivity index (χ3v) is 3.52. The fourth-order valence-electron chi connectivity index (χ4n) is 2.21. The molecule has 1 fully saturated rings. The first kappa shape index (κ1) is 17.4. The molecule has 1 heterocycles. The summed E-state index contributed by atoms with van der Waals surface area (Å²) in [6, 6.07) is 4.13. The normalized spacial score (nSPS) is 22.3. The molecule has 116 valence electrons. The minimum atomic E-state index is -0.263. The number of hydrogen-bond donors (Lipinski definition) is 1. The summed E-state index contributed by atoms with van der Waals surface area (Å²) in [4.78, 5) is 15.9. The predicted molar refractivity (Wildman–Crippen MR) is 74.9 cm³/mol. The average molecular weight is 294 g/mol. The molecule has 2 unspecified atom stereocenters. The molecule has 1 rings (SSSR count). The summed E-state index contributed by atoms with van der Waals surface area (Å²) >= 11 is 0. The molecule has 1 saturated heterocycles. The fraction of sp³-hybridized carbons (Fsp3) is 0.786. The Labute approximate surface area is 125 Å². The molecule has 1 aliphatic heterocycles. The molecule has 2 atom stereocenters. The summed E-state index contributed by atoms with van der Waals surface area (Å²) in [5.41, 5.74) is 0. The maximum atomic E-state index is 12.3. The van der Waals surface area contributed by atoms with E-state index in [1.165, 1.54) is 0 Å². The van der Waals surface area contributed by atoms with Crippen molar-refractivity contribution in [1.82, 2.24) is 9.80 Å². The van der Waals surface area contributed by atoms with E-state index in [0.29, 0.717) is 26.2 Å². The van der Waals surface area contributed by atoms with Crippen molar-refractivity contribution in [2.45, 2.75) is 31.9 Å². The second kappa shape index (κ2) is 9.30. The van der Waals surface area contributed by atoms with Crippen molar-refractivity contribution >= 4 is 5.91 Å². The maximum Gasteiger partial charge on any atom is 0.236 e. The average Bonchev–Trinajstić information content (AvgIpc) is 2.49. The summed E-state index contributed by atoms with van der Waals surface area (Å²) in [5, 5.41) is 26.4.